The first-order valence-corrected chi connectivity index (χ1v) is 7.92. The lowest BCUT2D eigenvalue weighted by Crippen LogP contribution is -2.10. The Morgan fingerprint density at radius 2 is 1.91 bits per heavy atom. The number of aliphatic hydroxyl groups is 1. The Labute approximate surface area is 139 Å². The Morgan fingerprint density at radius 1 is 1.41 bits per heavy atom. The summed E-state index contributed by atoms with van der Waals surface area (Å²) in [6.45, 7) is 6.66. The number of halogens is 2. The zero-order chi connectivity index (χ0) is 17.2. The first-order valence-electron chi connectivity index (χ1n) is 6.32. The van der Waals surface area contributed by atoms with Crippen molar-refractivity contribution in [2.24, 2.45) is 0 Å². The second-order valence-electron chi connectivity index (χ2n) is 5.65. The molecule has 0 aliphatic heterocycles. The van der Waals surface area contributed by atoms with Crippen molar-refractivity contribution in [3.8, 4) is 5.75 Å². The van der Waals surface area contributed by atoms with Gasteiger partial charge in [-0.15, -0.1) is 11.3 Å². The standard InChI is InChI=1S/C10H7BrFNO3S.C4H10O/c1-3-4(2-5(14)15)8(16)9-7(6(3)12)13-10(11)17-9;1-4(2,3)5/h16H,2H2,1H3,(H,14,15);5H,1-3H3. The minimum absolute atomic E-state index is 0.0611. The van der Waals surface area contributed by atoms with Crippen LogP contribution in [0.3, 0.4) is 0 Å². The van der Waals surface area contributed by atoms with Gasteiger partial charge in [0.1, 0.15) is 16.0 Å². The highest BCUT2D eigenvalue weighted by atomic mass is 79.9. The first-order chi connectivity index (χ1) is 9.91. The molecule has 122 valence electrons. The molecule has 1 heterocycles. The van der Waals surface area contributed by atoms with Gasteiger partial charge in [-0.2, -0.15) is 0 Å². The number of hydrogen-bond acceptors (Lipinski definition) is 5. The van der Waals surface area contributed by atoms with E-state index in [1.165, 1.54) is 6.92 Å². The van der Waals surface area contributed by atoms with Crippen molar-refractivity contribution in [2.45, 2.75) is 39.7 Å². The van der Waals surface area contributed by atoms with Crippen LogP contribution in [0.25, 0.3) is 10.2 Å². The van der Waals surface area contributed by atoms with Crippen molar-refractivity contribution in [3.05, 3.63) is 20.9 Å². The van der Waals surface area contributed by atoms with Crippen molar-refractivity contribution >= 4 is 43.5 Å². The molecule has 0 aliphatic rings. The predicted octanol–water partition coefficient (Wildman–Crippen LogP) is 3.62. The second-order valence-corrected chi connectivity index (χ2v) is 7.93. The van der Waals surface area contributed by atoms with E-state index in [0.717, 1.165) is 11.3 Å². The van der Waals surface area contributed by atoms with E-state index in [4.69, 9.17) is 10.2 Å². The normalized spacial score (nSPS) is 11.2. The van der Waals surface area contributed by atoms with Crippen molar-refractivity contribution in [3.63, 3.8) is 0 Å². The molecule has 0 bridgehead atoms. The third-order valence-corrected chi connectivity index (χ3v) is 3.93. The van der Waals surface area contributed by atoms with Gasteiger partial charge in [-0.3, -0.25) is 4.79 Å². The molecular formula is C14H17BrFNO4S. The zero-order valence-electron chi connectivity index (χ0n) is 12.6. The van der Waals surface area contributed by atoms with Crippen LogP contribution in [-0.2, 0) is 11.2 Å². The molecule has 1 aromatic carbocycles. The lowest BCUT2D eigenvalue weighted by Gasteiger charge is -2.08. The molecule has 1 aromatic heterocycles. The van der Waals surface area contributed by atoms with E-state index < -0.39 is 23.8 Å². The number of nitrogens with zero attached hydrogens (tertiary/aromatic N) is 1. The summed E-state index contributed by atoms with van der Waals surface area (Å²) in [6, 6.07) is 0. The van der Waals surface area contributed by atoms with Crippen LogP contribution < -0.4 is 0 Å². The summed E-state index contributed by atoms with van der Waals surface area (Å²) in [6.07, 6.45) is -0.417. The molecule has 0 saturated heterocycles. The highest BCUT2D eigenvalue weighted by Gasteiger charge is 2.21. The van der Waals surface area contributed by atoms with Gasteiger partial charge in [-0.1, -0.05) is 0 Å². The second kappa shape index (κ2) is 6.89. The number of aromatic hydroxyl groups is 1. The summed E-state index contributed by atoms with van der Waals surface area (Å²) in [7, 11) is 0. The number of carboxylic acid groups (broad SMARTS) is 1. The van der Waals surface area contributed by atoms with Crippen LogP contribution in [0.5, 0.6) is 5.75 Å². The molecule has 2 rings (SSSR count). The first kappa shape index (κ1) is 18.8. The largest absolute Gasteiger partial charge is 0.506 e. The molecule has 8 heteroatoms. The minimum atomic E-state index is -1.12. The molecular weight excluding hydrogens is 377 g/mol. The molecule has 0 amide bonds. The number of phenols is 1. The maximum Gasteiger partial charge on any atom is 0.307 e. The number of carboxylic acids is 1. The van der Waals surface area contributed by atoms with Gasteiger partial charge in [0.15, 0.2) is 9.73 Å². The molecule has 5 nitrogen and oxygen atoms in total. The zero-order valence-corrected chi connectivity index (χ0v) is 15.0. The van der Waals surface area contributed by atoms with Gasteiger partial charge in [0.05, 0.1) is 12.0 Å². The van der Waals surface area contributed by atoms with Crippen LogP contribution in [0.4, 0.5) is 4.39 Å². The van der Waals surface area contributed by atoms with Crippen molar-refractivity contribution < 1.29 is 24.5 Å². The fourth-order valence-corrected chi connectivity index (χ4v) is 3.02. The summed E-state index contributed by atoms with van der Waals surface area (Å²) >= 11 is 4.17. The average molecular weight is 394 g/mol. The molecule has 22 heavy (non-hydrogen) atoms. The molecule has 2 aromatic rings. The highest BCUT2D eigenvalue weighted by molar-refractivity contribution is 9.11. The van der Waals surface area contributed by atoms with E-state index in [2.05, 4.69) is 20.9 Å². The summed E-state index contributed by atoms with van der Waals surface area (Å²) in [4.78, 5) is 14.6. The van der Waals surface area contributed by atoms with Crippen molar-refractivity contribution in [1.29, 1.82) is 0 Å². The number of aromatic nitrogens is 1. The van der Waals surface area contributed by atoms with Crippen LogP contribution >= 0.6 is 27.3 Å². The number of rotatable bonds is 2. The van der Waals surface area contributed by atoms with Gasteiger partial charge in [0.2, 0.25) is 0 Å². The molecule has 0 fully saturated rings. The SMILES string of the molecule is CC(C)(C)O.Cc1c(CC(=O)O)c(O)c2sc(Br)nc2c1F. The van der Waals surface area contributed by atoms with Crippen LogP contribution in [-0.4, -0.2) is 31.9 Å². The van der Waals surface area contributed by atoms with E-state index in [1.54, 1.807) is 20.8 Å². The van der Waals surface area contributed by atoms with Gasteiger partial charge in [0.25, 0.3) is 0 Å². The maximum atomic E-state index is 13.9. The number of phenolic OH excluding ortho intramolecular Hbond substituents is 1. The van der Waals surface area contributed by atoms with Crippen molar-refractivity contribution in [1.82, 2.24) is 4.98 Å². The smallest absolute Gasteiger partial charge is 0.307 e. The predicted molar refractivity (Wildman–Crippen MR) is 87.0 cm³/mol. The number of benzene rings is 1. The molecule has 3 N–H and O–H groups in total. The fourth-order valence-electron chi connectivity index (χ4n) is 1.60. The molecule has 0 saturated carbocycles. The quantitative estimate of drug-likeness (QED) is 0.724. The summed E-state index contributed by atoms with van der Waals surface area (Å²) in [5.41, 5.74) is -0.222. The summed E-state index contributed by atoms with van der Waals surface area (Å²) in [5, 5.41) is 27.2. The Bertz CT molecular complexity index is 703. The van der Waals surface area contributed by atoms with Gasteiger partial charge in [-0.25, -0.2) is 9.37 Å². The van der Waals surface area contributed by atoms with E-state index in [1.807, 2.05) is 0 Å². The molecule has 0 spiro atoms. The Kier molecular flexibility index (Phi) is 5.89. The Balaban J connectivity index is 0.000000422. The molecule has 0 atom stereocenters. The van der Waals surface area contributed by atoms with Crippen LogP contribution in [0.15, 0.2) is 3.92 Å². The van der Waals surface area contributed by atoms with Gasteiger partial charge < -0.3 is 15.3 Å². The number of thiazole rings is 1. The average Bonchev–Trinajstić information content (AvgIpc) is 2.72. The summed E-state index contributed by atoms with van der Waals surface area (Å²) in [5.74, 6) is -1.91. The van der Waals surface area contributed by atoms with Gasteiger partial charge in [-0.05, 0) is 49.2 Å². The molecule has 0 aliphatic carbocycles. The number of carbonyl (C=O) groups is 1. The lowest BCUT2D eigenvalue weighted by atomic mass is 10.0. The minimum Gasteiger partial charge on any atom is -0.506 e. The van der Waals surface area contributed by atoms with E-state index in [-0.39, 0.29) is 27.1 Å². The van der Waals surface area contributed by atoms with E-state index >= 15 is 0 Å². The van der Waals surface area contributed by atoms with Gasteiger partial charge in [0, 0.05) is 5.56 Å². The fraction of sp³-hybridized carbons (Fsp3) is 0.429. The summed E-state index contributed by atoms with van der Waals surface area (Å²) < 4.78 is 14.6. The highest BCUT2D eigenvalue weighted by Crippen LogP contribution is 2.39. The van der Waals surface area contributed by atoms with E-state index in [0.29, 0.717) is 3.92 Å². The van der Waals surface area contributed by atoms with Gasteiger partial charge >= 0.3 is 5.97 Å². The van der Waals surface area contributed by atoms with Crippen LogP contribution in [0, 0.1) is 12.7 Å². The lowest BCUT2D eigenvalue weighted by molar-refractivity contribution is -0.136. The third kappa shape index (κ3) is 4.89. The number of aliphatic carboxylic acids is 1. The number of hydrogen-bond donors (Lipinski definition) is 3. The van der Waals surface area contributed by atoms with Crippen LogP contribution in [0.2, 0.25) is 0 Å². The molecule has 0 unspecified atom stereocenters. The monoisotopic (exact) mass is 393 g/mol. The molecule has 0 radical (unpaired) electrons. The topological polar surface area (TPSA) is 90.7 Å². The third-order valence-electron chi connectivity index (χ3n) is 2.42. The van der Waals surface area contributed by atoms with E-state index in [9.17, 15) is 14.3 Å². The Hall–Kier alpha value is -1.25. The Morgan fingerprint density at radius 3 is 2.36 bits per heavy atom. The van der Waals surface area contributed by atoms with Crippen molar-refractivity contribution in [2.75, 3.05) is 0 Å². The number of fused-ring (bicyclic) bond motifs is 1. The maximum absolute atomic E-state index is 13.9. The van der Waals surface area contributed by atoms with Crippen LogP contribution in [0.1, 0.15) is 31.9 Å².